The van der Waals surface area contributed by atoms with Crippen molar-refractivity contribution in [3.8, 4) is 6.07 Å². The minimum Gasteiger partial charge on any atom is -0.368 e. The highest BCUT2D eigenvalue weighted by molar-refractivity contribution is 8.14. The molecule has 136 valence electrons. The van der Waals surface area contributed by atoms with Crippen LogP contribution in [0.3, 0.4) is 0 Å². The van der Waals surface area contributed by atoms with Crippen LogP contribution < -0.4 is 10.2 Å². The highest BCUT2D eigenvalue weighted by Gasteiger charge is 2.29. The van der Waals surface area contributed by atoms with Crippen molar-refractivity contribution in [1.82, 2.24) is 10.2 Å². The molecule has 0 aromatic heterocycles. The maximum Gasteiger partial charge on any atom is 0.279 e. The van der Waals surface area contributed by atoms with E-state index >= 15 is 0 Å². The normalized spacial score (nSPS) is 23.7. The number of hydrogen-bond donors (Lipinski definition) is 1. The molecule has 25 heavy (non-hydrogen) atoms. The fraction of sp³-hybridized carbons (Fsp3) is 0.556. The Kier molecular flexibility index (Phi) is 7.42. The van der Waals surface area contributed by atoms with E-state index in [2.05, 4.69) is 28.1 Å². The van der Waals surface area contributed by atoms with Gasteiger partial charge >= 0.3 is 0 Å². The van der Waals surface area contributed by atoms with Gasteiger partial charge in [-0.3, -0.25) is 9.69 Å². The first-order valence-corrected chi connectivity index (χ1v) is 9.49. The van der Waals surface area contributed by atoms with Crippen molar-refractivity contribution >= 4 is 35.1 Å². The van der Waals surface area contributed by atoms with Crippen LogP contribution in [0.4, 0.5) is 10.5 Å². The molecule has 2 unspecified atom stereocenters. The number of halogens is 1. The Morgan fingerprint density at radius 3 is 2.64 bits per heavy atom. The zero-order chi connectivity index (χ0) is 16.9. The third-order valence-corrected chi connectivity index (χ3v) is 6.14. The molecule has 7 heteroatoms. The molecule has 1 aromatic carbocycles. The predicted molar refractivity (Wildman–Crippen MR) is 106 cm³/mol. The molecule has 0 aliphatic carbocycles. The van der Waals surface area contributed by atoms with Crippen molar-refractivity contribution < 1.29 is 4.79 Å². The van der Waals surface area contributed by atoms with E-state index in [9.17, 15) is 10.1 Å². The first kappa shape index (κ1) is 19.9. The summed E-state index contributed by atoms with van der Waals surface area (Å²) >= 11 is 1.45. The lowest BCUT2D eigenvalue weighted by atomic mass is 10.1. The molecule has 2 aliphatic heterocycles. The van der Waals surface area contributed by atoms with E-state index in [0.717, 1.165) is 56.8 Å². The lowest BCUT2D eigenvalue weighted by molar-refractivity contribution is 0.251. The molecular weight excluding hydrogens is 356 g/mol. The number of nitrogens with one attached hydrogen (secondary N) is 1. The Hall–Kier alpha value is -1.42. The molecule has 5 nitrogen and oxygen atoms in total. The minimum atomic E-state index is 0. The first-order chi connectivity index (χ1) is 11.7. The van der Waals surface area contributed by atoms with Gasteiger partial charge in [-0.25, -0.2) is 0 Å². The Bertz CT molecular complexity index is 628. The van der Waals surface area contributed by atoms with Crippen molar-refractivity contribution in [2.45, 2.75) is 31.1 Å². The van der Waals surface area contributed by atoms with Crippen LogP contribution in [0, 0.1) is 11.3 Å². The summed E-state index contributed by atoms with van der Waals surface area (Å²) in [7, 11) is 0. The number of rotatable bonds is 5. The third kappa shape index (κ3) is 5.04. The number of nitrogens with zero attached hydrogens (tertiary/aromatic N) is 3. The van der Waals surface area contributed by atoms with Crippen LogP contribution in [0.5, 0.6) is 0 Å². The van der Waals surface area contributed by atoms with E-state index < -0.39 is 0 Å². The van der Waals surface area contributed by atoms with Crippen LogP contribution in [0.1, 0.15) is 25.3 Å². The summed E-state index contributed by atoms with van der Waals surface area (Å²) in [5.41, 5.74) is 1.82. The first-order valence-electron chi connectivity index (χ1n) is 8.61. The second-order valence-corrected chi connectivity index (χ2v) is 7.69. The van der Waals surface area contributed by atoms with Gasteiger partial charge in [-0.05, 0) is 38.4 Å². The van der Waals surface area contributed by atoms with Gasteiger partial charge in [0.1, 0.15) is 6.07 Å². The van der Waals surface area contributed by atoms with E-state index in [4.69, 9.17) is 0 Å². The van der Waals surface area contributed by atoms with Crippen LogP contribution in [0.25, 0.3) is 0 Å². The molecule has 0 radical (unpaired) electrons. The third-order valence-electron chi connectivity index (χ3n) is 4.86. The number of piperazine rings is 1. The maximum absolute atomic E-state index is 11.4. The fourth-order valence-corrected chi connectivity index (χ4v) is 4.52. The molecule has 2 aliphatic rings. The fourth-order valence-electron chi connectivity index (χ4n) is 3.43. The maximum atomic E-state index is 11.4. The highest BCUT2D eigenvalue weighted by atomic mass is 35.5. The summed E-state index contributed by atoms with van der Waals surface area (Å²) in [5, 5.41) is 12.8. The number of benzene rings is 1. The van der Waals surface area contributed by atoms with Crippen LogP contribution >= 0.6 is 24.2 Å². The zero-order valence-electron chi connectivity index (χ0n) is 14.5. The molecule has 2 fully saturated rings. The molecule has 0 spiro atoms. The van der Waals surface area contributed by atoms with Gasteiger partial charge in [0.2, 0.25) is 0 Å². The average molecular weight is 381 g/mol. The van der Waals surface area contributed by atoms with Crippen molar-refractivity contribution in [2.75, 3.05) is 37.6 Å². The Morgan fingerprint density at radius 1 is 1.28 bits per heavy atom. The summed E-state index contributed by atoms with van der Waals surface area (Å²) in [5.74, 6) is 0. The SMILES string of the molecule is CC1NC(=O)SC1CCCN1CCN(c2ccccc2C#N)CC1.Cl. The van der Waals surface area contributed by atoms with Crippen molar-refractivity contribution in [1.29, 1.82) is 5.26 Å². The standard InChI is InChI=1S/C18H24N4OS.ClH/c1-14-17(24-18(23)20-14)7-4-8-21-9-11-22(12-10-21)16-6-3-2-5-15(16)13-19;/h2-3,5-6,14,17H,4,7-12H2,1H3,(H,20,23);1H. The molecule has 1 amide bonds. The molecule has 0 bridgehead atoms. The van der Waals surface area contributed by atoms with Gasteiger partial charge in [0.15, 0.2) is 0 Å². The van der Waals surface area contributed by atoms with Crippen LogP contribution in [-0.4, -0.2) is 54.2 Å². The summed E-state index contributed by atoms with van der Waals surface area (Å²) in [4.78, 5) is 16.2. The molecule has 1 N–H and O–H groups in total. The van der Waals surface area contributed by atoms with Gasteiger partial charge < -0.3 is 10.2 Å². The van der Waals surface area contributed by atoms with Gasteiger partial charge in [-0.15, -0.1) is 12.4 Å². The number of carbonyl (C=O) groups excluding carboxylic acids is 1. The highest BCUT2D eigenvalue weighted by Crippen LogP contribution is 2.27. The smallest absolute Gasteiger partial charge is 0.279 e. The second-order valence-electron chi connectivity index (χ2n) is 6.48. The molecule has 1 aromatic rings. The Morgan fingerprint density at radius 2 is 2.00 bits per heavy atom. The van der Waals surface area contributed by atoms with Crippen LogP contribution in [-0.2, 0) is 0 Å². The van der Waals surface area contributed by atoms with Crippen molar-refractivity contribution in [2.24, 2.45) is 0 Å². The summed E-state index contributed by atoms with van der Waals surface area (Å²) in [6.45, 7) is 7.18. The number of hydrogen-bond acceptors (Lipinski definition) is 5. The average Bonchev–Trinajstić information content (AvgIpc) is 2.93. The van der Waals surface area contributed by atoms with Gasteiger partial charge in [0.25, 0.3) is 5.24 Å². The van der Waals surface area contributed by atoms with Gasteiger partial charge in [-0.1, -0.05) is 23.9 Å². The second kappa shape index (κ2) is 9.33. The quantitative estimate of drug-likeness (QED) is 0.850. The number of thioether (sulfide) groups is 1. The number of nitriles is 1. The van der Waals surface area contributed by atoms with Crippen LogP contribution in [0.15, 0.2) is 24.3 Å². The Labute approximate surface area is 160 Å². The molecule has 3 rings (SSSR count). The number of anilines is 1. The molecular formula is C18H25ClN4OS. The molecule has 2 atom stereocenters. The van der Waals surface area contributed by atoms with E-state index in [0.29, 0.717) is 11.3 Å². The predicted octanol–water partition coefficient (Wildman–Crippen LogP) is 3.10. The Balaban J connectivity index is 0.00000225. The van der Waals surface area contributed by atoms with E-state index in [1.54, 1.807) is 0 Å². The number of para-hydroxylation sites is 1. The topological polar surface area (TPSA) is 59.4 Å². The van der Waals surface area contributed by atoms with Crippen molar-refractivity contribution in [3.63, 3.8) is 0 Å². The van der Waals surface area contributed by atoms with E-state index in [-0.39, 0.29) is 17.6 Å². The monoisotopic (exact) mass is 380 g/mol. The summed E-state index contributed by atoms with van der Waals surface area (Å²) < 4.78 is 0. The largest absolute Gasteiger partial charge is 0.368 e. The summed E-state index contributed by atoms with van der Waals surface area (Å²) in [6, 6.07) is 10.4. The number of amides is 1. The molecule has 2 saturated heterocycles. The lowest BCUT2D eigenvalue weighted by Crippen LogP contribution is -2.47. The van der Waals surface area contributed by atoms with Gasteiger partial charge in [-0.2, -0.15) is 5.26 Å². The van der Waals surface area contributed by atoms with E-state index in [1.165, 1.54) is 11.8 Å². The summed E-state index contributed by atoms with van der Waals surface area (Å²) in [6.07, 6.45) is 2.22. The van der Waals surface area contributed by atoms with E-state index in [1.807, 2.05) is 24.3 Å². The minimum absolute atomic E-state index is 0. The van der Waals surface area contributed by atoms with Crippen LogP contribution in [0.2, 0.25) is 0 Å². The molecule has 0 saturated carbocycles. The molecule has 2 heterocycles. The van der Waals surface area contributed by atoms with Gasteiger partial charge in [0, 0.05) is 37.5 Å². The van der Waals surface area contributed by atoms with Crippen molar-refractivity contribution in [3.05, 3.63) is 29.8 Å². The van der Waals surface area contributed by atoms with Gasteiger partial charge in [0.05, 0.1) is 11.3 Å². The lowest BCUT2D eigenvalue weighted by Gasteiger charge is -2.36. The number of carbonyl (C=O) groups is 1. The zero-order valence-corrected chi connectivity index (χ0v) is 16.1.